The number of nitrogens with zero attached hydrogens (tertiary/aromatic N) is 2. The van der Waals surface area contributed by atoms with Gasteiger partial charge in [-0.3, -0.25) is 4.79 Å². The quantitative estimate of drug-likeness (QED) is 0.692. The van der Waals surface area contributed by atoms with Crippen molar-refractivity contribution < 1.29 is 4.79 Å². The largest absolute Gasteiger partial charge is 0.325 e. The lowest BCUT2D eigenvalue weighted by molar-refractivity contribution is 0.100. The molecule has 1 aromatic heterocycles. The minimum atomic E-state index is 0.0664. The normalized spacial score (nSPS) is 10.4. The van der Waals surface area contributed by atoms with Crippen molar-refractivity contribution in [3.63, 3.8) is 0 Å². The third kappa shape index (κ3) is 2.15. The predicted octanol–water partition coefficient (Wildman–Crippen LogP) is 0.614. The lowest BCUT2D eigenvalue weighted by atomic mass is 10.3. The van der Waals surface area contributed by atoms with Gasteiger partial charge in [-0.25, -0.2) is 4.98 Å². The van der Waals surface area contributed by atoms with Gasteiger partial charge in [-0.05, 0) is 14.0 Å². The highest BCUT2D eigenvalue weighted by Crippen LogP contribution is 2.04. The van der Waals surface area contributed by atoms with Gasteiger partial charge >= 0.3 is 0 Å². The first-order valence-corrected chi connectivity index (χ1v) is 4.34. The zero-order valence-corrected chi connectivity index (χ0v) is 8.29. The molecule has 0 aliphatic heterocycles. The summed E-state index contributed by atoms with van der Waals surface area (Å²) in [6, 6.07) is 0. The molecular weight excluding hydrogens is 166 g/mol. The molecule has 0 aliphatic rings. The number of nitrogens with one attached hydrogen (secondary N) is 1. The standard InChI is InChI=1S/C9H15N3O/c1-7(13)9-6-11-8(2)12(9)5-4-10-3/h6,10H,4-5H2,1-3H3. The van der Waals surface area contributed by atoms with E-state index in [2.05, 4.69) is 10.3 Å². The molecule has 0 fully saturated rings. The number of rotatable bonds is 4. The zero-order chi connectivity index (χ0) is 9.84. The monoisotopic (exact) mass is 181 g/mol. The van der Waals surface area contributed by atoms with Gasteiger partial charge in [0.05, 0.1) is 6.20 Å². The van der Waals surface area contributed by atoms with Gasteiger partial charge < -0.3 is 9.88 Å². The van der Waals surface area contributed by atoms with Crippen LogP contribution in [0.4, 0.5) is 0 Å². The summed E-state index contributed by atoms with van der Waals surface area (Å²) in [5, 5.41) is 3.04. The molecule has 1 N–H and O–H groups in total. The zero-order valence-electron chi connectivity index (χ0n) is 8.29. The Balaban J connectivity index is 2.88. The van der Waals surface area contributed by atoms with Crippen molar-refractivity contribution in [1.82, 2.24) is 14.9 Å². The van der Waals surface area contributed by atoms with Gasteiger partial charge in [0.1, 0.15) is 11.5 Å². The first-order valence-electron chi connectivity index (χ1n) is 4.34. The van der Waals surface area contributed by atoms with Crippen LogP contribution in [0.15, 0.2) is 6.20 Å². The van der Waals surface area contributed by atoms with Crippen molar-refractivity contribution >= 4 is 5.78 Å². The molecule has 1 rings (SSSR count). The number of hydrogen-bond donors (Lipinski definition) is 1. The van der Waals surface area contributed by atoms with Crippen LogP contribution in [0.1, 0.15) is 23.2 Å². The third-order valence-corrected chi connectivity index (χ3v) is 2.00. The Hall–Kier alpha value is -1.16. The van der Waals surface area contributed by atoms with Crippen LogP contribution in [0.5, 0.6) is 0 Å². The van der Waals surface area contributed by atoms with E-state index in [4.69, 9.17) is 0 Å². The number of aryl methyl sites for hydroxylation is 1. The number of likely N-dealkylation sites (N-methyl/N-ethyl adjacent to an activating group) is 1. The molecule has 0 spiro atoms. The minimum Gasteiger partial charge on any atom is -0.325 e. The summed E-state index contributed by atoms with van der Waals surface area (Å²) in [5.41, 5.74) is 0.688. The van der Waals surface area contributed by atoms with Crippen LogP contribution >= 0.6 is 0 Å². The van der Waals surface area contributed by atoms with Crippen LogP contribution in [0.25, 0.3) is 0 Å². The summed E-state index contributed by atoms with van der Waals surface area (Å²) in [5.74, 6) is 0.956. The average Bonchev–Trinajstić information content (AvgIpc) is 2.43. The van der Waals surface area contributed by atoms with Gasteiger partial charge in [-0.2, -0.15) is 0 Å². The summed E-state index contributed by atoms with van der Waals surface area (Å²) < 4.78 is 1.93. The van der Waals surface area contributed by atoms with Crippen molar-refractivity contribution in [2.45, 2.75) is 20.4 Å². The molecule has 0 bridgehead atoms. The smallest absolute Gasteiger partial charge is 0.177 e. The summed E-state index contributed by atoms with van der Waals surface area (Å²) >= 11 is 0. The molecule has 0 aromatic carbocycles. The summed E-state index contributed by atoms with van der Waals surface area (Å²) in [7, 11) is 1.89. The Morgan fingerprint density at radius 3 is 2.92 bits per heavy atom. The van der Waals surface area contributed by atoms with Crippen LogP contribution in [-0.4, -0.2) is 28.9 Å². The fourth-order valence-electron chi connectivity index (χ4n) is 1.26. The molecule has 0 atom stereocenters. The van der Waals surface area contributed by atoms with Gasteiger partial charge in [0.15, 0.2) is 5.78 Å². The molecule has 1 aromatic rings. The van der Waals surface area contributed by atoms with E-state index in [1.165, 1.54) is 0 Å². The maximum absolute atomic E-state index is 11.2. The Kier molecular flexibility index (Phi) is 3.19. The fourth-order valence-corrected chi connectivity index (χ4v) is 1.26. The number of ketones is 1. The second-order valence-electron chi connectivity index (χ2n) is 3.00. The van der Waals surface area contributed by atoms with Gasteiger partial charge in [-0.1, -0.05) is 0 Å². The van der Waals surface area contributed by atoms with Gasteiger partial charge in [0.2, 0.25) is 0 Å². The van der Waals surface area contributed by atoms with E-state index in [0.717, 1.165) is 18.9 Å². The molecular formula is C9H15N3O. The van der Waals surface area contributed by atoms with Crippen LogP contribution < -0.4 is 5.32 Å². The molecule has 13 heavy (non-hydrogen) atoms. The lowest BCUT2D eigenvalue weighted by Crippen LogP contribution is -2.18. The molecule has 0 unspecified atom stereocenters. The number of carbonyl (C=O) groups excluding carboxylic acids is 1. The number of hydrogen-bond acceptors (Lipinski definition) is 3. The maximum atomic E-state index is 11.2. The summed E-state index contributed by atoms with van der Waals surface area (Å²) in [4.78, 5) is 15.3. The molecule has 0 saturated heterocycles. The Bertz CT molecular complexity index is 304. The van der Waals surface area contributed by atoms with E-state index in [9.17, 15) is 4.79 Å². The topological polar surface area (TPSA) is 46.9 Å². The van der Waals surface area contributed by atoms with Crippen LogP contribution in [-0.2, 0) is 6.54 Å². The molecule has 4 nitrogen and oxygen atoms in total. The van der Waals surface area contributed by atoms with Gasteiger partial charge in [0.25, 0.3) is 0 Å². The summed E-state index contributed by atoms with van der Waals surface area (Å²) in [6.45, 7) is 5.10. The fraction of sp³-hybridized carbons (Fsp3) is 0.556. The first-order chi connectivity index (χ1) is 6.16. The molecule has 0 saturated carbocycles. The van der Waals surface area contributed by atoms with E-state index < -0.39 is 0 Å². The minimum absolute atomic E-state index is 0.0664. The SMILES string of the molecule is CNCCn1c(C(C)=O)cnc1C. The highest BCUT2D eigenvalue weighted by molar-refractivity contribution is 5.92. The Morgan fingerprint density at radius 1 is 1.69 bits per heavy atom. The van der Waals surface area contributed by atoms with E-state index in [1.54, 1.807) is 13.1 Å². The van der Waals surface area contributed by atoms with Crippen molar-refractivity contribution in [3.05, 3.63) is 17.7 Å². The van der Waals surface area contributed by atoms with Crippen molar-refractivity contribution in [1.29, 1.82) is 0 Å². The van der Waals surface area contributed by atoms with Crippen molar-refractivity contribution in [2.24, 2.45) is 0 Å². The lowest BCUT2D eigenvalue weighted by Gasteiger charge is -2.07. The van der Waals surface area contributed by atoms with Crippen LogP contribution in [0.2, 0.25) is 0 Å². The van der Waals surface area contributed by atoms with Crippen LogP contribution in [0, 0.1) is 6.92 Å². The maximum Gasteiger partial charge on any atom is 0.177 e. The number of aromatic nitrogens is 2. The molecule has 4 heteroatoms. The van der Waals surface area contributed by atoms with Crippen LogP contribution in [0.3, 0.4) is 0 Å². The van der Waals surface area contributed by atoms with Crippen molar-refractivity contribution in [3.8, 4) is 0 Å². The number of Topliss-reactive ketones (excluding diaryl/α,β-unsaturated/α-hetero) is 1. The number of carbonyl (C=O) groups is 1. The summed E-state index contributed by atoms with van der Waals surface area (Å²) in [6.07, 6.45) is 1.63. The highest BCUT2D eigenvalue weighted by Gasteiger charge is 2.09. The Morgan fingerprint density at radius 2 is 2.38 bits per heavy atom. The highest BCUT2D eigenvalue weighted by atomic mass is 16.1. The first kappa shape index (κ1) is 9.92. The predicted molar refractivity (Wildman–Crippen MR) is 50.9 cm³/mol. The van der Waals surface area contributed by atoms with Gasteiger partial charge in [0, 0.05) is 20.0 Å². The van der Waals surface area contributed by atoms with Crippen molar-refractivity contribution in [2.75, 3.05) is 13.6 Å². The van der Waals surface area contributed by atoms with Gasteiger partial charge in [-0.15, -0.1) is 0 Å². The Labute approximate surface area is 78.0 Å². The third-order valence-electron chi connectivity index (χ3n) is 2.00. The molecule has 0 amide bonds. The average molecular weight is 181 g/mol. The second-order valence-corrected chi connectivity index (χ2v) is 3.00. The molecule has 72 valence electrons. The van der Waals surface area contributed by atoms with E-state index >= 15 is 0 Å². The number of imidazole rings is 1. The molecule has 0 radical (unpaired) electrons. The van der Waals surface area contributed by atoms with E-state index in [1.807, 2.05) is 18.5 Å². The van der Waals surface area contributed by atoms with E-state index in [-0.39, 0.29) is 5.78 Å². The molecule has 0 aliphatic carbocycles. The van der Waals surface area contributed by atoms with E-state index in [0.29, 0.717) is 5.69 Å². The molecule has 1 heterocycles. The second kappa shape index (κ2) is 4.18.